The Kier molecular flexibility index (Phi) is 3.19. The Bertz CT molecular complexity index is 552. The summed E-state index contributed by atoms with van der Waals surface area (Å²) < 4.78 is 0. The van der Waals surface area contributed by atoms with Gasteiger partial charge in [-0.05, 0) is 31.9 Å². The van der Waals surface area contributed by atoms with Crippen LogP contribution in [-0.4, -0.2) is 39.0 Å². The number of pyridine rings is 1. The fourth-order valence-electron chi connectivity index (χ4n) is 3.86. The summed E-state index contributed by atoms with van der Waals surface area (Å²) in [5.41, 5.74) is 2.12. The Hall–Kier alpha value is -1.42. The number of hydrogen-bond acceptors (Lipinski definition) is 3. The zero-order valence-electron chi connectivity index (χ0n) is 11.9. The van der Waals surface area contributed by atoms with E-state index in [9.17, 15) is 0 Å². The highest BCUT2D eigenvalue weighted by Crippen LogP contribution is 2.32. The number of nitrogens with one attached hydrogen (secondary N) is 1. The number of rotatable bonds is 2. The van der Waals surface area contributed by atoms with E-state index in [0.29, 0.717) is 5.92 Å². The molecule has 2 aliphatic rings. The molecule has 0 bridgehead atoms. The predicted octanol–water partition coefficient (Wildman–Crippen LogP) is 3.08. The third-order valence-electron chi connectivity index (χ3n) is 5.00. The van der Waals surface area contributed by atoms with Crippen LogP contribution in [0, 0.1) is 0 Å². The first-order valence-corrected chi connectivity index (χ1v) is 7.94. The number of H-pyrrole nitrogens is 1. The van der Waals surface area contributed by atoms with Gasteiger partial charge >= 0.3 is 0 Å². The monoisotopic (exact) mass is 270 g/mol. The molecule has 20 heavy (non-hydrogen) atoms. The van der Waals surface area contributed by atoms with Gasteiger partial charge in [-0.25, -0.2) is 4.98 Å². The molecule has 4 nitrogen and oxygen atoms in total. The topological polar surface area (TPSA) is 44.8 Å². The Morgan fingerprint density at radius 3 is 2.90 bits per heavy atom. The van der Waals surface area contributed by atoms with Gasteiger partial charge in [0.2, 0.25) is 0 Å². The maximum atomic E-state index is 4.75. The quantitative estimate of drug-likeness (QED) is 0.912. The molecule has 4 heteroatoms. The Morgan fingerprint density at radius 2 is 2.05 bits per heavy atom. The van der Waals surface area contributed by atoms with Crippen molar-refractivity contribution in [2.75, 3.05) is 13.1 Å². The standard InChI is InChI=1S/C16H22N4/c1-2-4-13(5-3-1)20-9-7-12(11-20)16-18-14-6-8-17-10-15(14)19-16/h6,8,10,12-13H,1-5,7,9,11H2,(H,18,19). The van der Waals surface area contributed by atoms with Crippen molar-refractivity contribution in [2.24, 2.45) is 0 Å². The summed E-state index contributed by atoms with van der Waals surface area (Å²) in [6.07, 6.45) is 12.0. The molecule has 0 aromatic carbocycles. The molecule has 2 aromatic heterocycles. The van der Waals surface area contributed by atoms with Gasteiger partial charge in [-0.2, -0.15) is 0 Å². The number of aromatic nitrogens is 3. The molecule has 1 aliphatic heterocycles. The van der Waals surface area contributed by atoms with Crippen LogP contribution in [-0.2, 0) is 0 Å². The zero-order chi connectivity index (χ0) is 13.4. The van der Waals surface area contributed by atoms with Gasteiger partial charge in [-0.15, -0.1) is 0 Å². The molecule has 1 unspecified atom stereocenters. The molecule has 2 aromatic rings. The lowest BCUT2D eigenvalue weighted by molar-refractivity contribution is 0.189. The predicted molar refractivity (Wildman–Crippen MR) is 79.7 cm³/mol. The fourth-order valence-corrected chi connectivity index (χ4v) is 3.86. The number of likely N-dealkylation sites (tertiary alicyclic amines) is 1. The molecule has 1 aliphatic carbocycles. The third kappa shape index (κ3) is 2.22. The van der Waals surface area contributed by atoms with E-state index in [0.717, 1.165) is 22.9 Å². The van der Waals surface area contributed by atoms with Gasteiger partial charge in [-0.1, -0.05) is 19.3 Å². The van der Waals surface area contributed by atoms with E-state index in [1.807, 2.05) is 18.5 Å². The number of fused-ring (bicyclic) bond motifs is 1. The minimum atomic E-state index is 0.573. The summed E-state index contributed by atoms with van der Waals surface area (Å²) in [6.45, 7) is 2.42. The lowest BCUT2D eigenvalue weighted by Gasteiger charge is -2.30. The van der Waals surface area contributed by atoms with Crippen LogP contribution in [0.2, 0.25) is 0 Å². The van der Waals surface area contributed by atoms with Crippen LogP contribution in [0.4, 0.5) is 0 Å². The third-order valence-corrected chi connectivity index (χ3v) is 5.00. The van der Waals surface area contributed by atoms with Crippen LogP contribution in [0.3, 0.4) is 0 Å². The SMILES string of the molecule is c1cc2nc(C3CCN(C4CCCCC4)C3)[nH]c2cn1. The lowest BCUT2D eigenvalue weighted by Crippen LogP contribution is -2.34. The Labute approximate surface area is 119 Å². The van der Waals surface area contributed by atoms with Gasteiger partial charge in [0.05, 0.1) is 17.2 Å². The van der Waals surface area contributed by atoms with E-state index in [1.165, 1.54) is 51.6 Å². The van der Waals surface area contributed by atoms with Crippen LogP contribution in [0.25, 0.3) is 11.0 Å². The maximum absolute atomic E-state index is 4.75. The molecule has 3 heterocycles. The second-order valence-corrected chi connectivity index (χ2v) is 6.29. The van der Waals surface area contributed by atoms with Gasteiger partial charge in [0.15, 0.2) is 0 Å². The van der Waals surface area contributed by atoms with Crippen LogP contribution in [0.1, 0.15) is 50.3 Å². The highest BCUT2D eigenvalue weighted by atomic mass is 15.2. The molecule has 4 rings (SSSR count). The van der Waals surface area contributed by atoms with Gasteiger partial charge in [0, 0.05) is 24.7 Å². The highest BCUT2D eigenvalue weighted by Gasteiger charge is 2.31. The normalized spacial score (nSPS) is 25.5. The molecular weight excluding hydrogens is 248 g/mol. The molecule has 1 atom stereocenters. The van der Waals surface area contributed by atoms with Crippen molar-refractivity contribution in [1.29, 1.82) is 0 Å². The summed E-state index contributed by atoms with van der Waals surface area (Å²) in [7, 11) is 0. The number of nitrogens with zero attached hydrogens (tertiary/aromatic N) is 3. The second-order valence-electron chi connectivity index (χ2n) is 6.29. The van der Waals surface area contributed by atoms with E-state index < -0.39 is 0 Å². The molecular formula is C16H22N4. The second kappa shape index (κ2) is 5.17. The van der Waals surface area contributed by atoms with Crippen LogP contribution in [0.15, 0.2) is 18.5 Å². The first kappa shape index (κ1) is 12.3. The Morgan fingerprint density at radius 1 is 1.15 bits per heavy atom. The number of aromatic amines is 1. The van der Waals surface area contributed by atoms with Crippen molar-refractivity contribution in [3.63, 3.8) is 0 Å². The average molecular weight is 270 g/mol. The van der Waals surface area contributed by atoms with E-state index in [-0.39, 0.29) is 0 Å². The molecule has 106 valence electrons. The molecule has 0 spiro atoms. The van der Waals surface area contributed by atoms with Crippen LogP contribution >= 0.6 is 0 Å². The van der Waals surface area contributed by atoms with Gasteiger partial charge < -0.3 is 4.98 Å². The van der Waals surface area contributed by atoms with E-state index in [2.05, 4.69) is 14.9 Å². The summed E-state index contributed by atoms with van der Waals surface area (Å²) >= 11 is 0. The van der Waals surface area contributed by atoms with E-state index in [4.69, 9.17) is 4.98 Å². The van der Waals surface area contributed by atoms with Crippen molar-refractivity contribution < 1.29 is 0 Å². The van der Waals surface area contributed by atoms with Crippen LogP contribution in [0.5, 0.6) is 0 Å². The fraction of sp³-hybridized carbons (Fsp3) is 0.625. The van der Waals surface area contributed by atoms with Crippen molar-refractivity contribution >= 4 is 11.0 Å². The largest absolute Gasteiger partial charge is 0.340 e. The first-order valence-electron chi connectivity index (χ1n) is 7.94. The first-order chi connectivity index (χ1) is 9.90. The molecule has 0 amide bonds. The molecule has 0 radical (unpaired) electrons. The minimum Gasteiger partial charge on any atom is -0.340 e. The minimum absolute atomic E-state index is 0.573. The van der Waals surface area contributed by atoms with E-state index >= 15 is 0 Å². The van der Waals surface area contributed by atoms with Crippen molar-refractivity contribution in [3.8, 4) is 0 Å². The number of imidazole rings is 1. The van der Waals surface area contributed by atoms with Crippen LogP contribution < -0.4 is 0 Å². The van der Waals surface area contributed by atoms with Crippen molar-refractivity contribution in [2.45, 2.75) is 50.5 Å². The van der Waals surface area contributed by atoms with Crippen molar-refractivity contribution in [1.82, 2.24) is 19.9 Å². The maximum Gasteiger partial charge on any atom is 0.111 e. The van der Waals surface area contributed by atoms with Gasteiger partial charge in [-0.3, -0.25) is 9.88 Å². The smallest absolute Gasteiger partial charge is 0.111 e. The highest BCUT2D eigenvalue weighted by molar-refractivity contribution is 5.73. The average Bonchev–Trinajstić information content (AvgIpc) is 3.14. The molecule has 2 fully saturated rings. The lowest BCUT2D eigenvalue weighted by atomic mass is 9.94. The summed E-state index contributed by atoms with van der Waals surface area (Å²) in [5, 5.41) is 0. The molecule has 1 saturated heterocycles. The summed E-state index contributed by atoms with van der Waals surface area (Å²) in [6, 6.07) is 2.82. The summed E-state index contributed by atoms with van der Waals surface area (Å²) in [5.74, 6) is 1.73. The van der Waals surface area contributed by atoms with E-state index in [1.54, 1.807) is 0 Å². The zero-order valence-corrected chi connectivity index (χ0v) is 11.9. The van der Waals surface area contributed by atoms with Gasteiger partial charge in [0.25, 0.3) is 0 Å². The van der Waals surface area contributed by atoms with Gasteiger partial charge in [0.1, 0.15) is 5.82 Å². The van der Waals surface area contributed by atoms with Crippen molar-refractivity contribution in [3.05, 3.63) is 24.3 Å². The molecule has 1 N–H and O–H groups in total. The summed E-state index contributed by atoms with van der Waals surface area (Å²) in [4.78, 5) is 15.1. The number of hydrogen-bond donors (Lipinski definition) is 1. The Balaban J connectivity index is 1.49. The molecule has 1 saturated carbocycles.